The summed E-state index contributed by atoms with van der Waals surface area (Å²) < 4.78 is 6.00. The highest BCUT2D eigenvalue weighted by Gasteiger charge is 2.30. The fourth-order valence-corrected chi connectivity index (χ4v) is 4.84. The van der Waals surface area contributed by atoms with Crippen LogP contribution in [0.25, 0.3) is 0 Å². The van der Waals surface area contributed by atoms with E-state index in [1.165, 1.54) is 6.42 Å². The number of ether oxygens (including phenoxy) is 1. The van der Waals surface area contributed by atoms with E-state index in [-0.39, 0.29) is 24.5 Å². The number of hydrogen-bond acceptors (Lipinski definition) is 3. The van der Waals surface area contributed by atoms with E-state index in [9.17, 15) is 9.59 Å². The average molecular weight is 465 g/mol. The predicted molar refractivity (Wildman–Crippen MR) is 137 cm³/mol. The first-order valence-electron chi connectivity index (χ1n) is 12.6. The molecule has 5 heteroatoms. The summed E-state index contributed by atoms with van der Waals surface area (Å²) in [4.78, 5) is 28.5. The molecule has 2 aromatic carbocycles. The van der Waals surface area contributed by atoms with Crippen LogP contribution in [0.5, 0.6) is 5.75 Å². The van der Waals surface area contributed by atoms with Crippen LogP contribution in [-0.4, -0.2) is 35.4 Å². The van der Waals surface area contributed by atoms with Gasteiger partial charge >= 0.3 is 0 Å². The minimum absolute atomic E-state index is 0.0574. The SMILES string of the molecule is CC[C@H](C(=O)NC1CCCCC1)N(Cc1cccc(C)c1)C(=O)COc1cc(C)cc(C)c1C. The van der Waals surface area contributed by atoms with Crippen LogP contribution in [0.3, 0.4) is 0 Å². The molecule has 1 saturated carbocycles. The van der Waals surface area contributed by atoms with Crippen molar-refractivity contribution < 1.29 is 14.3 Å². The molecule has 1 fully saturated rings. The van der Waals surface area contributed by atoms with Crippen molar-refractivity contribution >= 4 is 11.8 Å². The van der Waals surface area contributed by atoms with Gasteiger partial charge in [0.25, 0.3) is 5.91 Å². The van der Waals surface area contributed by atoms with Crippen molar-refractivity contribution in [2.24, 2.45) is 0 Å². The van der Waals surface area contributed by atoms with Crippen molar-refractivity contribution in [3.63, 3.8) is 0 Å². The third-order valence-electron chi connectivity index (χ3n) is 6.89. The number of hydrogen-bond donors (Lipinski definition) is 1. The van der Waals surface area contributed by atoms with Gasteiger partial charge in [0.2, 0.25) is 5.91 Å². The van der Waals surface area contributed by atoms with Crippen LogP contribution in [0.2, 0.25) is 0 Å². The van der Waals surface area contributed by atoms with Gasteiger partial charge in [0.05, 0.1) is 0 Å². The van der Waals surface area contributed by atoms with Crippen LogP contribution in [-0.2, 0) is 16.1 Å². The van der Waals surface area contributed by atoms with Gasteiger partial charge in [-0.1, -0.05) is 62.1 Å². The number of rotatable bonds is 9. The summed E-state index contributed by atoms with van der Waals surface area (Å²) in [5.74, 6) is 0.491. The minimum atomic E-state index is -0.529. The first-order chi connectivity index (χ1) is 16.3. The van der Waals surface area contributed by atoms with Crippen molar-refractivity contribution in [3.8, 4) is 5.75 Å². The van der Waals surface area contributed by atoms with Crippen LogP contribution >= 0.6 is 0 Å². The largest absolute Gasteiger partial charge is 0.483 e. The molecule has 2 aromatic rings. The number of aryl methyl sites for hydroxylation is 3. The quantitative estimate of drug-likeness (QED) is 0.529. The van der Waals surface area contributed by atoms with E-state index in [0.29, 0.717) is 13.0 Å². The van der Waals surface area contributed by atoms with Crippen LogP contribution < -0.4 is 10.1 Å². The molecule has 1 aliphatic carbocycles. The number of amides is 2. The molecule has 0 aliphatic heterocycles. The van der Waals surface area contributed by atoms with Crippen molar-refractivity contribution in [3.05, 3.63) is 64.2 Å². The molecule has 2 amide bonds. The van der Waals surface area contributed by atoms with Gasteiger partial charge in [0.1, 0.15) is 11.8 Å². The van der Waals surface area contributed by atoms with Crippen molar-refractivity contribution in [2.75, 3.05) is 6.61 Å². The van der Waals surface area contributed by atoms with Crippen LogP contribution in [0, 0.1) is 27.7 Å². The molecule has 184 valence electrons. The highest BCUT2D eigenvalue weighted by Crippen LogP contribution is 2.24. The van der Waals surface area contributed by atoms with Crippen molar-refractivity contribution in [2.45, 2.75) is 91.8 Å². The van der Waals surface area contributed by atoms with E-state index in [0.717, 1.165) is 59.3 Å². The molecule has 3 rings (SSSR count). The third-order valence-corrected chi connectivity index (χ3v) is 6.89. The Balaban J connectivity index is 1.79. The van der Waals surface area contributed by atoms with Crippen LogP contribution in [0.15, 0.2) is 36.4 Å². The second kappa shape index (κ2) is 12.0. The topological polar surface area (TPSA) is 58.6 Å². The maximum Gasteiger partial charge on any atom is 0.261 e. The molecule has 0 unspecified atom stereocenters. The Labute approximate surface area is 204 Å². The van der Waals surface area contributed by atoms with Gasteiger partial charge in [-0.25, -0.2) is 0 Å². The van der Waals surface area contributed by atoms with Crippen LogP contribution in [0.1, 0.15) is 73.3 Å². The standard InChI is InChI=1S/C29H40N2O3/c1-6-26(29(33)30-25-13-8-7-9-14-25)31(18-24-12-10-11-20(2)16-24)28(32)19-34-27-17-21(3)15-22(4)23(27)5/h10-12,15-17,25-26H,6-9,13-14,18-19H2,1-5H3,(H,30,33)/t26-/m1/s1. The van der Waals surface area contributed by atoms with Gasteiger partial charge in [-0.15, -0.1) is 0 Å². The van der Waals surface area contributed by atoms with Gasteiger partial charge in [0, 0.05) is 12.6 Å². The number of nitrogens with one attached hydrogen (secondary N) is 1. The Morgan fingerprint density at radius 3 is 2.44 bits per heavy atom. The molecular weight excluding hydrogens is 424 g/mol. The van der Waals surface area contributed by atoms with E-state index in [1.807, 2.05) is 58.9 Å². The van der Waals surface area contributed by atoms with Crippen molar-refractivity contribution in [1.29, 1.82) is 0 Å². The molecule has 0 bridgehead atoms. The predicted octanol–water partition coefficient (Wildman–Crippen LogP) is 5.56. The highest BCUT2D eigenvalue weighted by molar-refractivity contribution is 5.88. The first-order valence-corrected chi connectivity index (χ1v) is 12.6. The molecule has 1 atom stereocenters. The molecule has 0 radical (unpaired) electrons. The van der Waals surface area contributed by atoms with Crippen LogP contribution in [0.4, 0.5) is 0 Å². The summed E-state index contributed by atoms with van der Waals surface area (Å²) in [7, 11) is 0. The molecule has 0 aromatic heterocycles. The smallest absolute Gasteiger partial charge is 0.261 e. The molecule has 1 aliphatic rings. The first kappa shape index (κ1) is 25.8. The second-order valence-corrected chi connectivity index (χ2v) is 9.77. The number of carbonyl (C=O) groups is 2. The van der Waals surface area contributed by atoms with E-state index >= 15 is 0 Å². The van der Waals surface area contributed by atoms with E-state index < -0.39 is 6.04 Å². The third kappa shape index (κ3) is 6.85. The van der Waals surface area contributed by atoms with E-state index in [2.05, 4.69) is 17.4 Å². The molecule has 0 saturated heterocycles. The Morgan fingerprint density at radius 2 is 1.76 bits per heavy atom. The lowest BCUT2D eigenvalue weighted by Gasteiger charge is -2.33. The molecule has 1 N–H and O–H groups in total. The highest BCUT2D eigenvalue weighted by atomic mass is 16.5. The summed E-state index contributed by atoms with van der Waals surface area (Å²) in [6.07, 6.45) is 6.12. The Hall–Kier alpha value is -2.82. The molecule has 5 nitrogen and oxygen atoms in total. The monoisotopic (exact) mass is 464 g/mol. The number of benzene rings is 2. The lowest BCUT2D eigenvalue weighted by molar-refractivity contribution is -0.143. The zero-order chi connectivity index (χ0) is 24.7. The van der Waals surface area contributed by atoms with Gasteiger partial charge < -0.3 is 15.0 Å². The van der Waals surface area contributed by atoms with Crippen molar-refractivity contribution in [1.82, 2.24) is 10.2 Å². The lowest BCUT2D eigenvalue weighted by atomic mass is 9.95. The summed E-state index contributed by atoms with van der Waals surface area (Å²) in [6.45, 7) is 10.4. The molecular formula is C29H40N2O3. The van der Waals surface area contributed by atoms with Gasteiger partial charge in [-0.3, -0.25) is 9.59 Å². The fourth-order valence-electron chi connectivity index (χ4n) is 4.84. The average Bonchev–Trinajstić information content (AvgIpc) is 2.80. The summed E-state index contributed by atoms with van der Waals surface area (Å²) in [5.41, 5.74) is 5.41. The maximum absolute atomic E-state index is 13.5. The summed E-state index contributed by atoms with van der Waals surface area (Å²) >= 11 is 0. The Morgan fingerprint density at radius 1 is 1.03 bits per heavy atom. The zero-order valence-corrected chi connectivity index (χ0v) is 21.4. The summed E-state index contributed by atoms with van der Waals surface area (Å²) in [5, 5.41) is 3.23. The van der Waals surface area contributed by atoms with Gasteiger partial charge in [-0.05, 0) is 75.3 Å². The lowest BCUT2D eigenvalue weighted by Crippen LogP contribution is -2.52. The Bertz CT molecular complexity index is 995. The van der Waals surface area contributed by atoms with E-state index in [1.54, 1.807) is 4.90 Å². The maximum atomic E-state index is 13.5. The number of nitrogens with zero attached hydrogens (tertiary/aromatic N) is 1. The minimum Gasteiger partial charge on any atom is -0.483 e. The molecule has 34 heavy (non-hydrogen) atoms. The molecule has 0 spiro atoms. The van der Waals surface area contributed by atoms with Gasteiger partial charge in [-0.2, -0.15) is 0 Å². The fraction of sp³-hybridized carbons (Fsp3) is 0.517. The zero-order valence-electron chi connectivity index (χ0n) is 21.4. The Kier molecular flexibility index (Phi) is 9.14. The second-order valence-electron chi connectivity index (χ2n) is 9.77. The molecule has 0 heterocycles. The van der Waals surface area contributed by atoms with E-state index in [4.69, 9.17) is 4.74 Å². The number of carbonyl (C=O) groups excluding carboxylic acids is 2. The van der Waals surface area contributed by atoms with Gasteiger partial charge in [0.15, 0.2) is 6.61 Å². The normalized spacial score (nSPS) is 15.0. The summed E-state index contributed by atoms with van der Waals surface area (Å²) in [6, 6.07) is 11.9.